The van der Waals surface area contributed by atoms with Crippen LogP contribution in [0.4, 0.5) is 14.9 Å². The number of hydrogen-bond acceptors (Lipinski definition) is 3. The summed E-state index contributed by atoms with van der Waals surface area (Å²) >= 11 is 3.13. The van der Waals surface area contributed by atoms with E-state index in [2.05, 4.69) is 15.9 Å². The summed E-state index contributed by atoms with van der Waals surface area (Å²) in [6, 6.07) is 2.74. The molecular weight excluding hydrogens is 307 g/mol. The van der Waals surface area contributed by atoms with Crippen molar-refractivity contribution < 1.29 is 18.8 Å². The second-order valence-corrected chi connectivity index (χ2v) is 4.64. The van der Waals surface area contributed by atoms with Crippen molar-refractivity contribution in [3.63, 3.8) is 0 Å². The van der Waals surface area contributed by atoms with Crippen LogP contribution in [0.25, 0.3) is 0 Å². The summed E-state index contributed by atoms with van der Waals surface area (Å²) in [6.45, 7) is 1.38. The van der Waals surface area contributed by atoms with E-state index in [1.54, 1.807) is 0 Å². The van der Waals surface area contributed by atoms with Gasteiger partial charge < -0.3 is 0 Å². The maximum absolute atomic E-state index is 13.2. The van der Waals surface area contributed by atoms with Gasteiger partial charge in [-0.25, -0.2) is 14.1 Å². The molecule has 1 saturated heterocycles. The van der Waals surface area contributed by atoms with Gasteiger partial charge in [0.1, 0.15) is 11.7 Å². The van der Waals surface area contributed by atoms with Gasteiger partial charge in [-0.15, -0.1) is 0 Å². The second kappa shape index (κ2) is 4.49. The second-order valence-electron chi connectivity index (χ2n) is 3.79. The molecule has 2 rings (SSSR count). The maximum Gasteiger partial charge on any atom is 0.335 e. The molecule has 1 heterocycles. The van der Waals surface area contributed by atoms with Crippen LogP contribution in [0, 0.1) is 11.7 Å². The van der Waals surface area contributed by atoms with Gasteiger partial charge >= 0.3 is 6.03 Å². The number of amides is 4. The molecule has 0 radical (unpaired) electrons. The van der Waals surface area contributed by atoms with E-state index in [4.69, 9.17) is 0 Å². The first-order chi connectivity index (χ1) is 8.41. The number of anilines is 1. The number of carbonyl (C=O) groups is 3. The van der Waals surface area contributed by atoms with Crippen molar-refractivity contribution in [3.05, 3.63) is 28.5 Å². The van der Waals surface area contributed by atoms with Gasteiger partial charge in [-0.05, 0) is 41.1 Å². The van der Waals surface area contributed by atoms with E-state index in [-0.39, 0.29) is 5.69 Å². The minimum absolute atomic E-state index is 0.0665. The summed E-state index contributed by atoms with van der Waals surface area (Å²) in [7, 11) is 0. The lowest BCUT2D eigenvalue weighted by molar-refractivity contribution is -0.133. The highest BCUT2D eigenvalue weighted by atomic mass is 79.9. The van der Waals surface area contributed by atoms with Crippen molar-refractivity contribution in [1.29, 1.82) is 0 Å². The number of nitrogens with one attached hydrogen (secondary N) is 1. The third-order valence-electron chi connectivity index (χ3n) is 2.57. The monoisotopic (exact) mass is 314 g/mol. The summed E-state index contributed by atoms with van der Waals surface area (Å²) in [5.41, 5.74) is 0.0665. The number of imide groups is 2. The molecule has 0 saturated carbocycles. The zero-order valence-electron chi connectivity index (χ0n) is 9.24. The summed E-state index contributed by atoms with van der Waals surface area (Å²) < 4.78 is 13.6. The normalized spacial score (nSPS) is 20.1. The van der Waals surface area contributed by atoms with Crippen molar-refractivity contribution in [1.82, 2.24) is 5.32 Å². The minimum Gasteiger partial charge on any atom is -0.277 e. The van der Waals surface area contributed by atoms with Crippen LogP contribution in [-0.2, 0) is 9.59 Å². The maximum atomic E-state index is 13.2. The van der Waals surface area contributed by atoms with Gasteiger partial charge in [0.2, 0.25) is 11.8 Å². The molecule has 0 aromatic heterocycles. The molecule has 5 nitrogen and oxygen atoms in total. The zero-order valence-corrected chi connectivity index (χ0v) is 10.8. The lowest BCUT2D eigenvalue weighted by atomic mass is 10.1. The molecule has 1 unspecified atom stereocenters. The predicted molar refractivity (Wildman–Crippen MR) is 64.3 cm³/mol. The third kappa shape index (κ3) is 2.01. The number of benzene rings is 1. The van der Waals surface area contributed by atoms with E-state index < -0.39 is 29.6 Å². The van der Waals surface area contributed by atoms with Crippen LogP contribution >= 0.6 is 15.9 Å². The SMILES string of the molecule is CC1C(=O)NC(=O)N(c2cc(F)ccc2Br)C1=O. The molecule has 18 heavy (non-hydrogen) atoms. The van der Waals surface area contributed by atoms with E-state index in [1.807, 2.05) is 5.32 Å². The van der Waals surface area contributed by atoms with Crippen molar-refractivity contribution >= 4 is 39.5 Å². The molecule has 1 aliphatic rings. The standard InChI is InChI=1S/C11H8BrFN2O3/c1-5-9(16)14-11(18)15(10(5)17)8-4-6(13)2-3-7(8)12/h2-5H,1H3,(H,14,16,18). The van der Waals surface area contributed by atoms with E-state index in [9.17, 15) is 18.8 Å². The highest BCUT2D eigenvalue weighted by Gasteiger charge is 2.39. The topological polar surface area (TPSA) is 66.5 Å². The average Bonchev–Trinajstić information content (AvgIpc) is 2.31. The summed E-state index contributed by atoms with van der Waals surface area (Å²) in [5.74, 6) is -2.92. The number of halogens is 2. The predicted octanol–water partition coefficient (Wildman–Crippen LogP) is 1.81. The zero-order chi connectivity index (χ0) is 13.4. The van der Waals surface area contributed by atoms with Crippen LogP contribution in [0.3, 0.4) is 0 Å². The first kappa shape index (κ1) is 12.7. The first-order valence-corrected chi connectivity index (χ1v) is 5.85. The van der Waals surface area contributed by atoms with E-state index >= 15 is 0 Å². The van der Waals surface area contributed by atoms with E-state index in [0.29, 0.717) is 4.47 Å². The average molecular weight is 315 g/mol. The van der Waals surface area contributed by atoms with Crippen molar-refractivity contribution in [2.75, 3.05) is 4.90 Å². The largest absolute Gasteiger partial charge is 0.335 e. The Morgan fingerprint density at radius 2 is 2.00 bits per heavy atom. The Morgan fingerprint density at radius 1 is 1.33 bits per heavy atom. The number of barbiturate groups is 1. The smallest absolute Gasteiger partial charge is 0.277 e. The Hall–Kier alpha value is -1.76. The van der Waals surface area contributed by atoms with Crippen LogP contribution in [0.15, 0.2) is 22.7 Å². The third-order valence-corrected chi connectivity index (χ3v) is 3.24. The summed E-state index contributed by atoms with van der Waals surface area (Å²) in [5, 5.41) is 2.04. The number of urea groups is 1. The molecule has 1 aromatic rings. The van der Waals surface area contributed by atoms with E-state index in [1.165, 1.54) is 19.1 Å². The quantitative estimate of drug-likeness (QED) is 0.804. The van der Waals surface area contributed by atoms with Crippen LogP contribution in [0.5, 0.6) is 0 Å². The molecule has 4 amide bonds. The highest BCUT2D eigenvalue weighted by molar-refractivity contribution is 9.10. The summed E-state index contributed by atoms with van der Waals surface area (Å²) in [4.78, 5) is 35.6. The van der Waals surface area contributed by atoms with E-state index in [0.717, 1.165) is 11.0 Å². The van der Waals surface area contributed by atoms with Crippen molar-refractivity contribution in [3.8, 4) is 0 Å². The number of rotatable bonds is 1. The van der Waals surface area contributed by atoms with Gasteiger partial charge in [0, 0.05) is 4.47 Å². The molecular formula is C11H8BrFN2O3. The Kier molecular flexibility index (Phi) is 3.16. The highest BCUT2D eigenvalue weighted by Crippen LogP contribution is 2.29. The fraction of sp³-hybridized carbons (Fsp3) is 0.182. The van der Waals surface area contributed by atoms with Gasteiger partial charge in [-0.1, -0.05) is 0 Å². The van der Waals surface area contributed by atoms with Gasteiger partial charge in [0.15, 0.2) is 0 Å². The number of nitrogens with zero attached hydrogens (tertiary/aromatic N) is 1. The molecule has 0 aliphatic carbocycles. The van der Waals surface area contributed by atoms with Crippen LogP contribution in [0.1, 0.15) is 6.92 Å². The van der Waals surface area contributed by atoms with Crippen molar-refractivity contribution in [2.45, 2.75) is 6.92 Å². The van der Waals surface area contributed by atoms with Gasteiger partial charge in [0.05, 0.1) is 5.69 Å². The molecule has 0 spiro atoms. The minimum atomic E-state index is -0.988. The molecule has 0 bridgehead atoms. The van der Waals surface area contributed by atoms with Crippen molar-refractivity contribution in [2.24, 2.45) is 5.92 Å². The molecule has 1 aliphatic heterocycles. The first-order valence-electron chi connectivity index (χ1n) is 5.05. The molecule has 1 aromatic carbocycles. The van der Waals surface area contributed by atoms with Crippen LogP contribution < -0.4 is 10.2 Å². The van der Waals surface area contributed by atoms with Crippen LogP contribution in [-0.4, -0.2) is 17.8 Å². The fourth-order valence-electron chi connectivity index (χ4n) is 1.56. The molecule has 1 N–H and O–H groups in total. The van der Waals surface area contributed by atoms with Gasteiger partial charge in [0.25, 0.3) is 0 Å². The number of hydrogen-bond donors (Lipinski definition) is 1. The van der Waals surface area contributed by atoms with Crippen LogP contribution in [0.2, 0.25) is 0 Å². The lowest BCUT2D eigenvalue weighted by Gasteiger charge is -2.29. The van der Waals surface area contributed by atoms with Gasteiger partial charge in [-0.2, -0.15) is 0 Å². The summed E-state index contributed by atoms with van der Waals surface area (Å²) in [6.07, 6.45) is 0. The Bertz CT molecular complexity index is 561. The van der Waals surface area contributed by atoms with Gasteiger partial charge in [-0.3, -0.25) is 14.9 Å². The molecule has 94 valence electrons. The Balaban J connectivity index is 2.49. The lowest BCUT2D eigenvalue weighted by Crippen LogP contribution is -2.57. The fourth-order valence-corrected chi connectivity index (χ4v) is 1.98. The molecule has 1 atom stereocenters. The number of carbonyl (C=O) groups excluding carboxylic acids is 3. The molecule has 1 fully saturated rings. The molecule has 7 heteroatoms. The Labute approximate surface area is 110 Å². The Morgan fingerprint density at radius 3 is 2.67 bits per heavy atom.